The maximum Gasteiger partial charge on any atom is 0.0680 e. The molecule has 1 aliphatic carbocycles. The number of fused-ring (bicyclic) bond motifs is 1. The molecule has 0 bridgehead atoms. The molecule has 0 fully saturated rings. The van der Waals surface area contributed by atoms with Crippen LogP contribution >= 0.6 is 0 Å². The van der Waals surface area contributed by atoms with Crippen molar-refractivity contribution in [3.63, 3.8) is 0 Å². The topological polar surface area (TPSA) is 36.2 Å². The fourth-order valence-electron chi connectivity index (χ4n) is 1.25. The summed E-state index contributed by atoms with van der Waals surface area (Å²) < 4.78 is 0. The number of allylic oxidation sites excluding steroid dienone is 3. The Bertz CT molecular complexity index is 269. The van der Waals surface area contributed by atoms with Crippen molar-refractivity contribution >= 4 is 11.9 Å². The van der Waals surface area contributed by atoms with Gasteiger partial charge in [0.1, 0.15) is 0 Å². The largest absolute Gasteiger partial charge is 0.305 e. The molecule has 0 amide bonds. The van der Waals surface area contributed by atoms with Crippen LogP contribution in [0.5, 0.6) is 0 Å². The van der Waals surface area contributed by atoms with E-state index in [-0.39, 0.29) is 0 Å². The highest BCUT2D eigenvalue weighted by atomic mass is 14.8. The van der Waals surface area contributed by atoms with E-state index in [1.807, 2.05) is 6.08 Å². The molecule has 10 heavy (non-hydrogen) atoms. The maximum absolute atomic E-state index is 7.53. The van der Waals surface area contributed by atoms with Crippen molar-refractivity contribution < 1.29 is 0 Å². The number of nitrogens with one attached hydrogen (secondary N) is 1. The predicted octanol–water partition coefficient (Wildman–Crippen LogP) is 1.69. The summed E-state index contributed by atoms with van der Waals surface area (Å²) in [6.07, 6.45) is 7.61. The quantitative estimate of drug-likeness (QED) is 0.520. The van der Waals surface area contributed by atoms with Gasteiger partial charge < -0.3 is 5.41 Å². The van der Waals surface area contributed by atoms with Crippen LogP contribution in [0.1, 0.15) is 12.8 Å². The normalized spacial score (nSPS) is 22.2. The highest BCUT2D eigenvalue weighted by molar-refractivity contribution is 6.07. The first-order valence-corrected chi connectivity index (χ1v) is 3.40. The molecule has 0 aromatic carbocycles. The summed E-state index contributed by atoms with van der Waals surface area (Å²) >= 11 is 0. The van der Waals surface area contributed by atoms with Gasteiger partial charge in [-0.05, 0) is 18.9 Å². The second-order valence-electron chi connectivity index (χ2n) is 2.47. The second kappa shape index (κ2) is 1.90. The summed E-state index contributed by atoms with van der Waals surface area (Å²) in [6.45, 7) is 0. The van der Waals surface area contributed by atoms with E-state index < -0.39 is 0 Å². The lowest BCUT2D eigenvalue weighted by molar-refractivity contribution is 1.03. The van der Waals surface area contributed by atoms with Crippen LogP contribution in [0.4, 0.5) is 0 Å². The molecule has 50 valence electrons. The van der Waals surface area contributed by atoms with Gasteiger partial charge in [0.05, 0.1) is 5.70 Å². The molecule has 0 aromatic heterocycles. The van der Waals surface area contributed by atoms with Crippen LogP contribution in [0.3, 0.4) is 0 Å². The molecule has 2 aliphatic rings. The maximum atomic E-state index is 7.53. The van der Waals surface area contributed by atoms with E-state index in [0.717, 1.165) is 29.8 Å². The van der Waals surface area contributed by atoms with Gasteiger partial charge in [-0.2, -0.15) is 0 Å². The molecule has 0 aromatic rings. The molecule has 0 radical (unpaired) electrons. The van der Waals surface area contributed by atoms with Crippen LogP contribution in [0.15, 0.2) is 28.4 Å². The van der Waals surface area contributed by atoms with Crippen molar-refractivity contribution in [3.05, 3.63) is 23.4 Å². The average molecular weight is 132 g/mol. The molecule has 2 nitrogen and oxygen atoms in total. The van der Waals surface area contributed by atoms with Gasteiger partial charge in [0, 0.05) is 17.5 Å². The molecule has 2 heteroatoms. The summed E-state index contributed by atoms with van der Waals surface area (Å²) in [5.41, 5.74) is 2.75. The SMILES string of the molecule is N=C1CCC=C2N=CC=C12. The first-order chi connectivity index (χ1) is 4.88. The van der Waals surface area contributed by atoms with Crippen LogP contribution in [0.25, 0.3) is 0 Å². The Hall–Kier alpha value is -1.18. The highest BCUT2D eigenvalue weighted by Crippen LogP contribution is 2.24. The van der Waals surface area contributed by atoms with Crippen LogP contribution in [-0.4, -0.2) is 11.9 Å². The first-order valence-electron chi connectivity index (χ1n) is 3.40. The minimum Gasteiger partial charge on any atom is -0.305 e. The van der Waals surface area contributed by atoms with E-state index in [1.54, 1.807) is 6.21 Å². The van der Waals surface area contributed by atoms with Gasteiger partial charge in [-0.1, -0.05) is 6.08 Å². The fourth-order valence-corrected chi connectivity index (χ4v) is 1.25. The standard InChI is InChI=1S/C8H8N2/c9-7-2-1-3-8-6(7)4-5-10-8/h3-5,9H,1-2H2. The van der Waals surface area contributed by atoms with E-state index in [4.69, 9.17) is 5.41 Å². The smallest absolute Gasteiger partial charge is 0.0680 e. The Morgan fingerprint density at radius 1 is 1.50 bits per heavy atom. The number of hydrogen-bond donors (Lipinski definition) is 1. The second-order valence-corrected chi connectivity index (χ2v) is 2.47. The lowest BCUT2D eigenvalue weighted by atomic mass is 9.98. The summed E-state index contributed by atoms with van der Waals surface area (Å²) in [5, 5.41) is 7.53. The Morgan fingerprint density at radius 3 is 3.20 bits per heavy atom. The Morgan fingerprint density at radius 2 is 2.40 bits per heavy atom. The Kier molecular flexibility index (Phi) is 1.07. The van der Waals surface area contributed by atoms with Crippen molar-refractivity contribution in [2.24, 2.45) is 4.99 Å². The Labute approximate surface area is 59.5 Å². The lowest BCUT2D eigenvalue weighted by Gasteiger charge is -2.09. The fraction of sp³-hybridized carbons (Fsp3) is 0.250. The third-order valence-corrected chi connectivity index (χ3v) is 1.79. The average Bonchev–Trinajstić information content (AvgIpc) is 2.36. The number of hydrogen-bond acceptors (Lipinski definition) is 2. The van der Waals surface area contributed by atoms with Gasteiger partial charge >= 0.3 is 0 Å². The summed E-state index contributed by atoms with van der Waals surface area (Å²) in [7, 11) is 0. The van der Waals surface area contributed by atoms with Crippen LogP contribution in [0.2, 0.25) is 0 Å². The monoisotopic (exact) mass is 132 g/mol. The van der Waals surface area contributed by atoms with Crippen LogP contribution in [-0.2, 0) is 0 Å². The molecule has 0 unspecified atom stereocenters. The van der Waals surface area contributed by atoms with Crippen molar-refractivity contribution in [3.8, 4) is 0 Å². The van der Waals surface area contributed by atoms with Gasteiger partial charge in [-0.25, -0.2) is 0 Å². The molecule has 0 atom stereocenters. The van der Waals surface area contributed by atoms with E-state index in [0.29, 0.717) is 0 Å². The van der Waals surface area contributed by atoms with Gasteiger partial charge in [0.2, 0.25) is 0 Å². The lowest BCUT2D eigenvalue weighted by Crippen LogP contribution is -2.05. The molecule has 0 saturated heterocycles. The molecular formula is C8H8N2. The van der Waals surface area contributed by atoms with Crippen LogP contribution in [0, 0.1) is 5.41 Å². The highest BCUT2D eigenvalue weighted by Gasteiger charge is 2.16. The summed E-state index contributed by atoms with van der Waals surface area (Å²) in [6, 6.07) is 0. The van der Waals surface area contributed by atoms with Gasteiger partial charge in [0.25, 0.3) is 0 Å². The minimum atomic E-state index is 0.731. The van der Waals surface area contributed by atoms with E-state index >= 15 is 0 Å². The van der Waals surface area contributed by atoms with E-state index in [2.05, 4.69) is 11.1 Å². The number of rotatable bonds is 0. The molecule has 1 N–H and O–H groups in total. The first kappa shape index (κ1) is 5.59. The molecule has 0 spiro atoms. The van der Waals surface area contributed by atoms with Crippen molar-refractivity contribution in [1.29, 1.82) is 5.41 Å². The van der Waals surface area contributed by atoms with Crippen molar-refractivity contribution in [1.82, 2.24) is 0 Å². The minimum absolute atomic E-state index is 0.731. The Balaban J connectivity index is 2.46. The van der Waals surface area contributed by atoms with Crippen LogP contribution < -0.4 is 0 Å². The zero-order valence-corrected chi connectivity index (χ0v) is 5.59. The zero-order chi connectivity index (χ0) is 6.97. The molecule has 1 aliphatic heterocycles. The number of nitrogens with zero attached hydrogens (tertiary/aromatic N) is 1. The zero-order valence-electron chi connectivity index (χ0n) is 5.59. The summed E-state index contributed by atoms with van der Waals surface area (Å²) in [5.74, 6) is 0. The van der Waals surface area contributed by atoms with Crippen molar-refractivity contribution in [2.45, 2.75) is 12.8 Å². The van der Waals surface area contributed by atoms with Gasteiger partial charge in [-0.15, -0.1) is 0 Å². The van der Waals surface area contributed by atoms with E-state index in [9.17, 15) is 0 Å². The molecule has 2 rings (SSSR count). The van der Waals surface area contributed by atoms with Crippen molar-refractivity contribution in [2.75, 3.05) is 0 Å². The van der Waals surface area contributed by atoms with Gasteiger partial charge in [0.15, 0.2) is 0 Å². The number of aliphatic imine (C=N–C) groups is 1. The predicted molar refractivity (Wildman–Crippen MR) is 41.6 cm³/mol. The molecule has 0 saturated carbocycles. The molecule has 1 heterocycles. The third-order valence-electron chi connectivity index (χ3n) is 1.79. The molecular weight excluding hydrogens is 124 g/mol. The van der Waals surface area contributed by atoms with Gasteiger partial charge in [-0.3, -0.25) is 4.99 Å². The third kappa shape index (κ3) is 0.652. The summed E-state index contributed by atoms with van der Waals surface area (Å²) in [4.78, 5) is 4.11. The van der Waals surface area contributed by atoms with E-state index in [1.165, 1.54) is 0 Å².